The summed E-state index contributed by atoms with van der Waals surface area (Å²) in [7, 11) is 1.81. The highest BCUT2D eigenvalue weighted by Crippen LogP contribution is 2.42. The molecule has 0 atom stereocenters. The van der Waals surface area contributed by atoms with Crippen LogP contribution < -0.4 is 10.6 Å². The zero-order valence-corrected chi connectivity index (χ0v) is 17.9. The Balaban J connectivity index is 0.00000288. The van der Waals surface area contributed by atoms with E-state index in [1.54, 1.807) is 0 Å². The van der Waals surface area contributed by atoms with E-state index in [9.17, 15) is 0 Å². The predicted molar refractivity (Wildman–Crippen MR) is 110 cm³/mol. The molecule has 138 valence electrons. The summed E-state index contributed by atoms with van der Waals surface area (Å²) in [6.07, 6.45) is 7.44. The Kier molecular flexibility index (Phi) is 9.08. The fourth-order valence-corrected chi connectivity index (χ4v) is 3.31. The number of rotatable bonds is 8. The third kappa shape index (κ3) is 5.36. The molecule has 0 aromatic carbocycles. The first-order valence-electron chi connectivity index (χ1n) is 9.06. The van der Waals surface area contributed by atoms with Gasteiger partial charge in [-0.3, -0.25) is 4.99 Å². The Morgan fingerprint density at radius 1 is 1.29 bits per heavy atom. The number of halogens is 1. The van der Waals surface area contributed by atoms with E-state index in [1.165, 1.54) is 25.7 Å². The standard InChI is InChI=1S/C18H32N4O.HI/c1-5-14(6-2)16-11-15(23-22-16)12-20-17(19-4)21-13-18(7-3)9-8-10-18;/h11,14H,5-10,12-13H2,1-4H3,(H2,19,20,21);1H. The lowest BCUT2D eigenvalue weighted by atomic mass is 9.67. The number of nitrogens with one attached hydrogen (secondary N) is 2. The predicted octanol–water partition coefficient (Wildman–Crippen LogP) is 4.44. The van der Waals surface area contributed by atoms with Crippen molar-refractivity contribution in [2.75, 3.05) is 13.6 Å². The van der Waals surface area contributed by atoms with Gasteiger partial charge in [0.05, 0.1) is 12.2 Å². The molecular formula is C18H33IN4O. The van der Waals surface area contributed by atoms with Crippen LogP contribution in [0.2, 0.25) is 0 Å². The highest BCUT2D eigenvalue weighted by Gasteiger charge is 2.34. The van der Waals surface area contributed by atoms with Crippen LogP contribution in [0.4, 0.5) is 0 Å². The van der Waals surface area contributed by atoms with Crippen LogP contribution in [-0.2, 0) is 6.54 Å². The van der Waals surface area contributed by atoms with Crippen molar-refractivity contribution in [1.29, 1.82) is 0 Å². The van der Waals surface area contributed by atoms with Gasteiger partial charge in [0.2, 0.25) is 0 Å². The van der Waals surface area contributed by atoms with Gasteiger partial charge in [0.15, 0.2) is 11.7 Å². The number of hydrogen-bond acceptors (Lipinski definition) is 3. The van der Waals surface area contributed by atoms with Crippen molar-refractivity contribution in [3.63, 3.8) is 0 Å². The van der Waals surface area contributed by atoms with Crippen LogP contribution in [0.1, 0.15) is 76.7 Å². The molecule has 1 aromatic heterocycles. The van der Waals surface area contributed by atoms with E-state index < -0.39 is 0 Å². The summed E-state index contributed by atoms with van der Waals surface area (Å²) < 4.78 is 5.45. The summed E-state index contributed by atoms with van der Waals surface area (Å²) in [6, 6.07) is 2.07. The van der Waals surface area contributed by atoms with Crippen molar-refractivity contribution in [2.24, 2.45) is 10.4 Å². The Hall–Kier alpha value is -0.790. The van der Waals surface area contributed by atoms with E-state index in [4.69, 9.17) is 4.52 Å². The first-order chi connectivity index (χ1) is 11.2. The molecule has 1 heterocycles. The minimum atomic E-state index is 0. The Morgan fingerprint density at radius 2 is 2.00 bits per heavy atom. The summed E-state index contributed by atoms with van der Waals surface area (Å²) in [5.74, 6) is 2.20. The molecular weight excluding hydrogens is 415 g/mol. The molecule has 0 amide bonds. The number of aromatic nitrogens is 1. The lowest BCUT2D eigenvalue weighted by Crippen LogP contribution is -2.46. The van der Waals surface area contributed by atoms with Gasteiger partial charge in [-0.15, -0.1) is 24.0 Å². The fraction of sp³-hybridized carbons (Fsp3) is 0.778. The van der Waals surface area contributed by atoms with E-state index in [0.29, 0.717) is 17.9 Å². The van der Waals surface area contributed by atoms with Crippen LogP contribution in [0, 0.1) is 5.41 Å². The summed E-state index contributed by atoms with van der Waals surface area (Å²) in [6.45, 7) is 8.28. The molecule has 6 heteroatoms. The zero-order valence-electron chi connectivity index (χ0n) is 15.5. The molecule has 1 aromatic rings. The Labute approximate surface area is 163 Å². The van der Waals surface area contributed by atoms with Crippen LogP contribution >= 0.6 is 24.0 Å². The van der Waals surface area contributed by atoms with E-state index in [1.807, 2.05) is 7.05 Å². The van der Waals surface area contributed by atoms with Gasteiger partial charge in [-0.05, 0) is 37.5 Å². The average Bonchev–Trinajstić information content (AvgIpc) is 2.99. The molecule has 0 unspecified atom stereocenters. The van der Waals surface area contributed by atoms with Gasteiger partial charge in [-0.2, -0.15) is 0 Å². The van der Waals surface area contributed by atoms with Crippen molar-refractivity contribution in [3.8, 4) is 0 Å². The molecule has 0 bridgehead atoms. The Morgan fingerprint density at radius 3 is 2.50 bits per heavy atom. The monoisotopic (exact) mass is 448 g/mol. The third-order valence-electron chi connectivity index (χ3n) is 5.43. The zero-order chi connectivity index (χ0) is 16.7. The number of nitrogens with zero attached hydrogens (tertiary/aromatic N) is 2. The normalized spacial score (nSPS) is 16.5. The molecule has 1 aliphatic carbocycles. The molecule has 1 fully saturated rings. The van der Waals surface area contributed by atoms with Gasteiger partial charge >= 0.3 is 0 Å². The smallest absolute Gasteiger partial charge is 0.191 e. The molecule has 24 heavy (non-hydrogen) atoms. The van der Waals surface area contributed by atoms with Crippen molar-refractivity contribution in [3.05, 3.63) is 17.5 Å². The van der Waals surface area contributed by atoms with Gasteiger partial charge in [0, 0.05) is 25.6 Å². The van der Waals surface area contributed by atoms with Gasteiger partial charge in [-0.1, -0.05) is 32.3 Å². The first kappa shape index (κ1) is 21.3. The maximum absolute atomic E-state index is 5.45. The molecule has 5 nitrogen and oxygen atoms in total. The molecule has 1 aliphatic rings. The van der Waals surface area contributed by atoms with Crippen molar-refractivity contribution < 1.29 is 4.52 Å². The van der Waals surface area contributed by atoms with Gasteiger partial charge < -0.3 is 15.2 Å². The van der Waals surface area contributed by atoms with E-state index in [2.05, 4.69) is 47.6 Å². The second kappa shape index (κ2) is 10.3. The van der Waals surface area contributed by atoms with Gasteiger partial charge in [0.1, 0.15) is 0 Å². The highest BCUT2D eigenvalue weighted by molar-refractivity contribution is 14.0. The summed E-state index contributed by atoms with van der Waals surface area (Å²) >= 11 is 0. The summed E-state index contributed by atoms with van der Waals surface area (Å²) in [5, 5.41) is 11.0. The number of hydrogen-bond donors (Lipinski definition) is 2. The third-order valence-corrected chi connectivity index (χ3v) is 5.43. The van der Waals surface area contributed by atoms with Crippen molar-refractivity contribution in [1.82, 2.24) is 15.8 Å². The maximum Gasteiger partial charge on any atom is 0.191 e. The Bertz CT molecular complexity index is 501. The summed E-state index contributed by atoms with van der Waals surface area (Å²) in [5.41, 5.74) is 1.54. The van der Waals surface area contributed by atoms with E-state index >= 15 is 0 Å². The summed E-state index contributed by atoms with van der Waals surface area (Å²) in [4.78, 5) is 4.31. The molecule has 1 saturated carbocycles. The molecule has 2 rings (SSSR count). The second-order valence-corrected chi connectivity index (χ2v) is 6.72. The van der Waals surface area contributed by atoms with Crippen LogP contribution in [0.3, 0.4) is 0 Å². The number of guanidine groups is 1. The topological polar surface area (TPSA) is 62.5 Å². The average molecular weight is 448 g/mol. The quantitative estimate of drug-likeness (QED) is 0.351. The second-order valence-electron chi connectivity index (χ2n) is 6.72. The minimum Gasteiger partial charge on any atom is -0.359 e. The molecule has 0 spiro atoms. The van der Waals surface area contributed by atoms with Gasteiger partial charge in [0.25, 0.3) is 0 Å². The van der Waals surface area contributed by atoms with E-state index in [-0.39, 0.29) is 24.0 Å². The molecule has 0 saturated heterocycles. The SMILES string of the molecule is CCC(CC)c1cc(CNC(=NC)NCC2(CC)CCC2)on1.I. The highest BCUT2D eigenvalue weighted by atomic mass is 127. The fourth-order valence-electron chi connectivity index (χ4n) is 3.31. The van der Waals surface area contributed by atoms with Crippen molar-refractivity contribution >= 4 is 29.9 Å². The van der Waals surface area contributed by atoms with Crippen LogP contribution in [-0.4, -0.2) is 24.7 Å². The van der Waals surface area contributed by atoms with Crippen LogP contribution in [0.15, 0.2) is 15.6 Å². The largest absolute Gasteiger partial charge is 0.359 e. The number of aliphatic imine (C=N–C) groups is 1. The lowest BCUT2D eigenvalue weighted by molar-refractivity contribution is 0.131. The lowest BCUT2D eigenvalue weighted by Gasteiger charge is -2.41. The van der Waals surface area contributed by atoms with E-state index in [0.717, 1.165) is 36.8 Å². The first-order valence-corrected chi connectivity index (χ1v) is 9.06. The van der Waals surface area contributed by atoms with Gasteiger partial charge in [-0.25, -0.2) is 0 Å². The van der Waals surface area contributed by atoms with Crippen molar-refractivity contribution in [2.45, 2.75) is 71.8 Å². The molecule has 0 radical (unpaired) electrons. The van der Waals surface area contributed by atoms with Crippen LogP contribution in [0.5, 0.6) is 0 Å². The molecule has 0 aliphatic heterocycles. The maximum atomic E-state index is 5.45. The minimum absolute atomic E-state index is 0. The van der Waals surface area contributed by atoms with Crippen LogP contribution in [0.25, 0.3) is 0 Å². The molecule has 2 N–H and O–H groups in total.